The molecule has 1 aliphatic rings. The Morgan fingerprint density at radius 1 is 1.12 bits per heavy atom. The van der Waals surface area contributed by atoms with Gasteiger partial charge in [-0.1, -0.05) is 24.1 Å². The third-order valence-electron chi connectivity index (χ3n) is 4.97. The molecule has 3 heterocycles. The maximum atomic E-state index is 13.1. The summed E-state index contributed by atoms with van der Waals surface area (Å²) in [5, 5.41) is 4.35. The second-order valence-electron chi connectivity index (χ2n) is 6.82. The van der Waals surface area contributed by atoms with Gasteiger partial charge in [-0.3, -0.25) is 9.88 Å². The minimum Gasteiger partial charge on any atom is -0.356 e. The second kappa shape index (κ2) is 7.79. The molecule has 0 N–H and O–H groups in total. The number of halogens is 1. The molecule has 1 unspecified atom stereocenters. The van der Waals surface area contributed by atoms with Crippen LogP contribution in [-0.2, 0) is 6.54 Å². The van der Waals surface area contributed by atoms with Gasteiger partial charge < -0.3 is 4.52 Å². The van der Waals surface area contributed by atoms with Crippen LogP contribution in [0.5, 0.6) is 0 Å². The van der Waals surface area contributed by atoms with Crippen molar-refractivity contribution < 1.29 is 8.91 Å². The summed E-state index contributed by atoms with van der Waals surface area (Å²) in [6.45, 7) is 1.90. The van der Waals surface area contributed by atoms with E-state index >= 15 is 0 Å². The highest BCUT2D eigenvalue weighted by Crippen LogP contribution is 2.33. The second-order valence-corrected chi connectivity index (χ2v) is 6.82. The molecule has 4 nitrogen and oxygen atoms in total. The van der Waals surface area contributed by atoms with Gasteiger partial charge in [-0.25, -0.2) is 4.39 Å². The number of aromatic nitrogens is 2. The summed E-state index contributed by atoms with van der Waals surface area (Å²) in [6.07, 6.45) is 8.41. The fourth-order valence-electron chi connectivity index (χ4n) is 3.61. The minimum atomic E-state index is -0.250. The Kier molecular flexibility index (Phi) is 5.07. The highest BCUT2D eigenvalue weighted by molar-refractivity contribution is 5.57. The van der Waals surface area contributed by atoms with Gasteiger partial charge in [0.15, 0.2) is 5.76 Å². The van der Waals surface area contributed by atoms with Gasteiger partial charge >= 0.3 is 0 Å². The average Bonchev–Trinajstić information content (AvgIpc) is 3.04. The first kappa shape index (κ1) is 16.9. The minimum absolute atomic E-state index is 0.232. The zero-order chi connectivity index (χ0) is 17.8. The van der Waals surface area contributed by atoms with Crippen molar-refractivity contribution in [1.29, 1.82) is 0 Å². The van der Waals surface area contributed by atoms with E-state index in [-0.39, 0.29) is 11.9 Å². The van der Waals surface area contributed by atoms with Crippen molar-refractivity contribution in [3.63, 3.8) is 0 Å². The molecule has 3 aromatic rings. The van der Waals surface area contributed by atoms with Crippen LogP contribution in [0.1, 0.15) is 43.0 Å². The summed E-state index contributed by atoms with van der Waals surface area (Å²) in [4.78, 5) is 6.70. The number of hydrogen-bond donors (Lipinski definition) is 0. The molecule has 134 valence electrons. The molecule has 0 spiro atoms. The summed E-state index contributed by atoms with van der Waals surface area (Å²) in [7, 11) is 0. The summed E-state index contributed by atoms with van der Waals surface area (Å²) in [5.74, 6) is 0.436. The normalized spacial score (nSPS) is 18.6. The molecule has 5 heteroatoms. The van der Waals surface area contributed by atoms with Gasteiger partial charge in [0.2, 0.25) is 0 Å². The molecule has 1 aromatic carbocycles. The molecular weight excluding hydrogens is 329 g/mol. The lowest BCUT2D eigenvalue weighted by atomic mass is 10.0. The van der Waals surface area contributed by atoms with Gasteiger partial charge in [0.25, 0.3) is 0 Å². The van der Waals surface area contributed by atoms with Crippen molar-refractivity contribution >= 4 is 0 Å². The molecule has 26 heavy (non-hydrogen) atoms. The Morgan fingerprint density at radius 3 is 2.81 bits per heavy atom. The molecule has 0 bridgehead atoms. The predicted octanol–water partition coefficient (Wildman–Crippen LogP) is 4.99. The van der Waals surface area contributed by atoms with Crippen LogP contribution in [0, 0.1) is 5.82 Å². The van der Waals surface area contributed by atoms with Crippen molar-refractivity contribution in [1.82, 2.24) is 15.0 Å². The van der Waals surface area contributed by atoms with E-state index in [1.165, 1.54) is 37.0 Å². The van der Waals surface area contributed by atoms with E-state index in [0.29, 0.717) is 5.76 Å². The Labute approximate surface area is 152 Å². The Morgan fingerprint density at radius 2 is 2.00 bits per heavy atom. The average molecular weight is 351 g/mol. The van der Waals surface area contributed by atoms with Gasteiger partial charge in [0.05, 0.1) is 6.04 Å². The van der Waals surface area contributed by atoms with Crippen LogP contribution < -0.4 is 0 Å². The number of rotatable bonds is 4. The standard InChI is InChI=1S/C21H22FN3O/c22-18-9-7-17(8-10-18)21-13-19(24-26-21)20-6-2-1-3-12-25(20)15-16-5-4-11-23-14-16/h4-5,7-11,13-14,20H,1-3,6,12,15H2. The van der Waals surface area contributed by atoms with E-state index in [0.717, 1.165) is 30.8 Å². The van der Waals surface area contributed by atoms with Gasteiger partial charge in [0, 0.05) is 30.6 Å². The molecule has 0 amide bonds. The molecule has 4 rings (SSSR count). The maximum absolute atomic E-state index is 13.1. The van der Waals surface area contributed by atoms with E-state index < -0.39 is 0 Å². The highest BCUT2D eigenvalue weighted by atomic mass is 19.1. The van der Waals surface area contributed by atoms with Crippen molar-refractivity contribution in [2.75, 3.05) is 6.54 Å². The quantitative estimate of drug-likeness (QED) is 0.664. The molecule has 1 atom stereocenters. The topological polar surface area (TPSA) is 42.2 Å². The molecule has 1 saturated heterocycles. The van der Waals surface area contributed by atoms with Gasteiger partial charge in [-0.15, -0.1) is 0 Å². The lowest BCUT2D eigenvalue weighted by Gasteiger charge is -2.28. The van der Waals surface area contributed by atoms with Crippen molar-refractivity contribution in [3.8, 4) is 11.3 Å². The third-order valence-corrected chi connectivity index (χ3v) is 4.97. The zero-order valence-corrected chi connectivity index (χ0v) is 14.6. The van der Waals surface area contributed by atoms with E-state index in [4.69, 9.17) is 4.52 Å². The number of nitrogens with zero attached hydrogens (tertiary/aromatic N) is 3. The summed E-state index contributed by atoms with van der Waals surface area (Å²) < 4.78 is 18.7. The summed E-state index contributed by atoms with van der Waals surface area (Å²) >= 11 is 0. The fourth-order valence-corrected chi connectivity index (χ4v) is 3.61. The Hall–Kier alpha value is -2.53. The zero-order valence-electron chi connectivity index (χ0n) is 14.6. The first-order chi connectivity index (χ1) is 12.8. The van der Waals surface area contributed by atoms with Crippen molar-refractivity contribution in [2.45, 2.75) is 38.3 Å². The first-order valence-corrected chi connectivity index (χ1v) is 9.15. The molecule has 0 radical (unpaired) electrons. The largest absolute Gasteiger partial charge is 0.356 e. The monoisotopic (exact) mass is 351 g/mol. The lowest BCUT2D eigenvalue weighted by molar-refractivity contribution is 0.184. The van der Waals surface area contributed by atoms with Crippen LogP contribution in [0.2, 0.25) is 0 Å². The van der Waals surface area contributed by atoms with Crippen LogP contribution in [-0.4, -0.2) is 21.6 Å². The van der Waals surface area contributed by atoms with Crippen LogP contribution in [0.15, 0.2) is 59.4 Å². The molecule has 1 aliphatic heterocycles. The van der Waals surface area contributed by atoms with Crippen molar-refractivity contribution in [3.05, 3.63) is 71.9 Å². The van der Waals surface area contributed by atoms with Crippen LogP contribution >= 0.6 is 0 Å². The van der Waals surface area contributed by atoms with Gasteiger partial charge in [0.1, 0.15) is 11.5 Å². The fraction of sp³-hybridized carbons (Fsp3) is 0.333. The summed E-state index contributed by atoms with van der Waals surface area (Å²) in [5.41, 5.74) is 3.01. The smallest absolute Gasteiger partial charge is 0.167 e. The third kappa shape index (κ3) is 3.83. The maximum Gasteiger partial charge on any atom is 0.167 e. The molecule has 2 aromatic heterocycles. The first-order valence-electron chi connectivity index (χ1n) is 9.15. The number of hydrogen-bond acceptors (Lipinski definition) is 4. The Bertz CT molecular complexity index is 832. The lowest BCUT2D eigenvalue weighted by Crippen LogP contribution is -2.28. The summed E-state index contributed by atoms with van der Waals surface area (Å²) in [6, 6.07) is 12.7. The number of likely N-dealkylation sites (tertiary alicyclic amines) is 1. The number of benzene rings is 1. The number of pyridine rings is 1. The molecule has 1 fully saturated rings. The molecular formula is C21H22FN3O. The van der Waals surface area contributed by atoms with E-state index in [1.54, 1.807) is 18.3 Å². The molecule has 0 aliphatic carbocycles. The predicted molar refractivity (Wildman–Crippen MR) is 97.8 cm³/mol. The van der Waals surface area contributed by atoms with E-state index in [2.05, 4.69) is 21.1 Å². The van der Waals surface area contributed by atoms with Gasteiger partial charge in [-0.05, 0) is 55.3 Å². The van der Waals surface area contributed by atoms with E-state index in [1.807, 2.05) is 18.3 Å². The molecule has 0 saturated carbocycles. The van der Waals surface area contributed by atoms with Crippen LogP contribution in [0.3, 0.4) is 0 Å². The van der Waals surface area contributed by atoms with Crippen LogP contribution in [0.25, 0.3) is 11.3 Å². The Balaban J connectivity index is 1.58. The van der Waals surface area contributed by atoms with E-state index in [9.17, 15) is 4.39 Å². The van der Waals surface area contributed by atoms with Crippen molar-refractivity contribution in [2.24, 2.45) is 0 Å². The highest BCUT2D eigenvalue weighted by Gasteiger charge is 2.26. The SMILES string of the molecule is Fc1ccc(-c2cc(C3CCCCCN3Cc3cccnc3)no2)cc1. The van der Waals surface area contributed by atoms with Crippen LogP contribution in [0.4, 0.5) is 4.39 Å². The van der Waals surface area contributed by atoms with Gasteiger partial charge in [-0.2, -0.15) is 0 Å².